The van der Waals surface area contributed by atoms with Crippen molar-refractivity contribution in [3.05, 3.63) is 29.3 Å². The van der Waals surface area contributed by atoms with Gasteiger partial charge in [0.25, 0.3) is 0 Å². The number of nitrogens with zero attached hydrogens (tertiary/aromatic N) is 3. The lowest BCUT2D eigenvalue weighted by Gasteiger charge is -2.49. The lowest BCUT2D eigenvalue weighted by molar-refractivity contribution is -0.130. The zero-order valence-corrected chi connectivity index (χ0v) is 21.4. The zero-order chi connectivity index (χ0) is 23.3. The van der Waals surface area contributed by atoms with E-state index in [0.29, 0.717) is 6.04 Å². The van der Waals surface area contributed by atoms with Crippen LogP contribution >= 0.6 is 0 Å². The first-order valence-electron chi connectivity index (χ1n) is 12.8. The number of amides is 1. The number of benzene rings is 1. The first-order chi connectivity index (χ1) is 15.3. The number of piperidine rings is 1. The normalized spacial score (nSPS) is 24.1. The van der Waals surface area contributed by atoms with E-state index in [9.17, 15) is 4.79 Å². The van der Waals surface area contributed by atoms with E-state index >= 15 is 0 Å². The molecule has 1 aromatic rings. The van der Waals surface area contributed by atoms with Crippen molar-refractivity contribution in [2.45, 2.75) is 77.8 Å². The standard InChI is InChI=1S/C27H46N4O/c1-7-30(8-2)20-23-14-9-10-15-24(23)31-18-16-27(17-19-31,29(5)6)26(32)28-25-21(3)12-11-13-22(25)4/h11-13,23-24H,7-10,14-20H2,1-6H3,(H,28,32). The third-order valence-corrected chi connectivity index (χ3v) is 8.35. The van der Waals surface area contributed by atoms with Crippen LogP contribution in [-0.2, 0) is 4.79 Å². The van der Waals surface area contributed by atoms with Gasteiger partial charge in [0, 0.05) is 31.4 Å². The van der Waals surface area contributed by atoms with Crippen LogP contribution in [0.25, 0.3) is 0 Å². The first-order valence-corrected chi connectivity index (χ1v) is 12.8. The van der Waals surface area contributed by atoms with Crippen molar-refractivity contribution >= 4 is 11.6 Å². The van der Waals surface area contributed by atoms with E-state index in [2.05, 4.69) is 80.0 Å². The van der Waals surface area contributed by atoms with Crippen molar-refractivity contribution in [3.8, 4) is 0 Å². The number of hydrogen-bond acceptors (Lipinski definition) is 4. The molecule has 0 radical (unpaired) electrons. The molecule has 1 amide bonds. The minimum absolute atomic E-state index is 0.155. The predicted molar refractivity (Wildman–Crippen MR) is 135 cm³/mol. The second-order valence-electron chi connectivity index (χ2n) is 10.3. The molecule has 1 heterocycles. The molecule has 1 N–H and O–H groups in total. The van der Waals surface area contributed by atoms with Crippen LogP contribution < -0.4 is 5.32 Å². The number of carbonyl (C=O) groups is 1. The topological polar surface area (TPSA) is 38.8 Å². The Hall–Kier alpha value is -1.43. The van der Waals surface area contributed by atoms with E-state index in [-0.39, 0.29) is 5.91 Å². The summed E-state index contributed by atoms with van der Waals surface area (Å²) in [7, 11) is 4.15. The van der Waals surface area contributed by atoms with Gasteiger partial charge in [-0.05, 0) is 83.8 Å². The van der Waals surface area contributed by atoms with E-state index in [0.717, 1.165) is 61.8 Å². The van der Waals surface area contributed by atoms with Crippen molar-refractivity contribution in [1.29, 1.82) is 0 Å². The maximum absolute atomic E-state index is 13.6. The van der Waals surface area contributed by atoms with Crippen LogP contribution in [0.3, 0.4) is 0 Å². The molecule has 1 aliphatic carbocycles. The molecule has 1 aromatic carbocycles. The number of carbonyl (C=O) groups excluding carboxylic acids is 1. The minimum Gasteiger partial charge on any atom is -0.324 e. The van der Waals surface area contributed by atoms with Gasteiger partial charge in [-0.2, -0.15) is 0 Å². The van der Waals surface area contributed by atoms with Gasteiger partial charge in [0.1, 0.15) is 5.54 Å². The molecule has 0 bridgehead atoms. The molecule has 1 saturated heterocycles. The number of para-hydroxylation sites is 1. The summed E-state index contributed by atoms with van der Waals surface area (Å²) in [4.78, 5) is 21.1. The SMILES string of the molecule is CCN(CC)CC1CCCCC1N1CCC(C(=O)Nc2c(C)cccc2C)(N(C)C)CC1. The average Bonchev–Trinajstić information content (AvgIpc) is 2.80. The molecule has 5 nitrogen and oxygen atoms in total. The molecule has 3 rings (SSSR count). The summed E-state index contributed by atoms with van der Waals surface area (Å²) in [5, 5.41) is 3.31. The van der Waals surface area contributed by atoms with Crippen molar-refractivity contribution in [1.82, 2.24) is 14.7 Å². The summed E-state index contributed by atoms with van der Waals surface area (Å²) >= 11 is 0. The lowest BCUT2D eigenvalue weighted by Crippen LogP contribution is -2.61. The summed E-state index contributed by atoms with van der Waals surface area (Å²) < 4.78 is 0. The number of likely N-dealkylation sites (N-methyl/N-ethyl adjacent to an activating group) is 1. The van der Waals surface area contributed by atoms with Gasteiger partial charge in [-0.3, -0.25) is 14.6 Å². The minimum atomic E-state index is -0.436. The first kappa shape index (κ1) is 25.2. The summed E-state index contributed by atoms with van der Waals surface area (Å²) in [6, 6.07) is 6.88. The van der Waals surface area contributed by atoms with Gasteiger partial charge >= 0.3 is 0 Å². The van der Waals surface area contributed by atoms with Crippen LogP contribution in [-0.4, -0.2) is 79.0 Å². The molecule has 180 valence electrons. The molecule has 2 aliphatic rings. The maximum Gasteiger partial charge on any atom is 0.244 e. The molecular weight excluding hydrogens is 396 g/mol. The maximum atomic E-state index is 13.6. The highest BCUT2D eigenvalue weighted by molar-refractivity contribution is 5.99. The van der Waals surface area contributed by atoms with Crippen LogP contribution in [0.2, 0.25) is 0 Å². The van der Waals surface area contributed by atoms with E-state index in [4.69, 9.17) is 0 Å². The number of aryl methyl sites for hydroxylation is 2. The fourth-order valence-electron chi connectivity index (χ4n) is 6.04. The second-order valence-corrected chi connectivity index (χ2v) is 10.3. The predicted octanol–water partition coefficient (Wildman–Crippen LogP) is 4.54. The molecule has 2 unspecified atom stereocenters. The van der Waals surface area contributed by atoms with Crippen LogP contribution in [0, 0.1) is 19.8 Å². The van der Waals surface area contributed by atoms with Gasteiger partial charge in [0.05, 0.1) is 0 Å². The van der Waals surface area contributed by atoms with E-state index in [1.807, 2.05) is 0 Å². The van der Waals surface area contributed by atoms with Crippen LogP contribution in [0.5, 0.6) is 0 Å². The zero-order valence-electron chi connectivity index (χ0n) is 21.4. The fraction of sp³-hybridized carbons (Fsp3) is 0.741. The molecule has 2 atom stereocenters. The largest absolute Gasteiger partial charge is 0.324 e. The number of anilines is 1. The third kappa shape index (κ3) is 5.37. The number of rotatable bonds is 8. The Morgan fingerprint density at radius 3 is 2.22 bits per heavy atom. The van der Waals surface area contributed by atoms with Gasteiger partial charge in [-0.1, -0.05) is 44.9 Å². The Morgan fingerprint density at radius 2 is 1.66 bits per heavy atom. The van der Waals surface area contributed by atoms with Gasteiger partial charge in [0.15, 0.2) is 0 Å². The Labute approximate surface area is 196 Å². The lowest BCUT2D eigenvalue weighted by atomic mass is 9.79. The average molecular weight is 443 g/mol. The van der Waals surface area contributed by atoms with E-state index in [1.54, 1.807) is 0 Å². The summed E-state index contributed by atoms with van der Waals surface area (Å²) in [6.07, 6.45) is 7.17. The Morgan fingerprint density at radius 1 is 1.06 bits per heavy atom. The van der Waals surface area contributed by atoms with E-state index < -0.39 is 5.54 Å². The van der Waals surface area contributed by atoms with E-state index in [1.165, 1.54) is 32.2 Å². The number of likely N-dealkylation sites (tertiary alicyclic amines) is 1. The fourth-order valence-corrected chi connectivity index (χ4v) is 6.04. The highest BCUT2D eigenvalue weighted by atomic mass is 16.2. The van der Waals surface area contributed by atoms with Gasteiger partial charge in [0.2, 0.25) is 5.91 Å². The summed E-state index contributed by atoms with van der Waals surface area (Å²) in [6.45, 7) is 14.2. The Balaban J connectivity index is 1.70. The summed E-state index contributed by atoms with van der Waals surface area (Å²) in [5.74, 6) is 0.918. The van der Waals surface area contributed by atoms with Crippen molar-refractivity contribution in [3.63, 3.8) is 0 Å². The molecule has 1 saturated carbocycles. The molecule has 0 aromatic heterocycles. The van der Waals surface area contributed by atoms with Gasteiger partial charge in [-0.25, -0.2) is 0 Å². The quantitative estimate of drug-likeness (QED) is 0.642. The monoisotopic (exact) mass is 442 g/mol. The van der Waals surface area contributed by atoms with Gasteiger partial charge in [-0.15, -0.1) is 0 Å². The van der Waals surface area contributed by atoms with Crippen molar-refractivity contribution in [2.24, 2.45) is 5.92 Å². The van der Waals surface area contributed by atoms with Crippen molar-refractivity contribution < 1.29 is 4.79 Å². The molecule has 2 fully saturated rings. The van der Waals surface area contributed by atoms with Gasteiger partial charge < -0.3 is 10.2 Å². The highest BCUT2D eigenvalue weighted by Crippen LogP contribution is 2.35. The van der Waals surface area contributed by atoms with Crippen LogP contribution in [0.4, 0.5) is 5.69 Å². The number of nitrogens with one attached hydrogen (secondary N) is 1. The summed E-state index contributed by atoms with van der Waals surface area (Å²) in [5.41, 5.74) is 2.80. The van der Waals surface area contributed by atoms with Crippen molar-refractivity contribution in [2.75, 3.05) is 52.1 Å². The van der Waals surface area contributed by atoms with Crippen LogP contribution in [0.1, 0.15) is 63.5 Å². The van der Waals surface area contributed by atoms with Crippen LogP contribution in [0.15, 0.2) is 18.2 Å². The molecular formula is C27H46N4O. The molecule has 0 spiro atoms. The highest BCUT2D eigenvalue weighted by Gasteiger charge is 2.45. The molecule has 5 heteroatoms. The Kier molecular flexibility index (Phi) is 8.76. The molecule has 1 aliphatic heterocycles. The third-order valence-electron chi connectivity index (χ3n) is 8.35. The number of hydrogen-bond donors (Lipinski definition) is 1. The molecule has 32 heavy (non-hydrogen) atoms. The smallest absolute Gasteiger partial charge is 0.244 e. The Bertz CT molecular complexity index is 730. The second kappa shape index (κ2) is 11.1.